The Morgan fingerprint density at radius 1 is 1.37 bits per heavy atom. The van der Waals surface area contributed by atoms with Crippen molar-refractivity contribution in [3.05, 3.63) is 41.0 Å². The van der Waals surface area contributed by atoms with Crippen LogP contribution in [0, 0.1) is 0 Å². The number of ether oxygens (including phenoxy) is 1. The smallest absolute Gasteiger partial charge is 0.246 e. The number of rotatable bonds is 6. The predicted octanol–water partition coefficient (Wildman–Crippen LogP) is 3.43. The Morgan fingerprint density at radius 2 is 2.11 bits per heavy atom. The third-order valence-electron chi connectivity index (χ3n) is 2.72. The fourth-order valence-electron chi connectivity index (χ4n) is 1.67. The summed E-state index contributed by atoms with van der Waals surface area (Å²) in [6.07, 6.45) is 0.688. The number of benzene rings is 1. The molecule has 102 valence electrons. The number of halogens is 1. The van der Waals surface area contributed by atoms with Crippen molar-refractivity contribution in [2.24, 2.45) is 0 Å². The summed E-state index contributed by atoms with van der Waals surface area (Å²) in [5, 5.41) is 7.80. The quantitative estimate of drug-likeness (QED) is 0.879. The van der Waals surface area contributed by atoms with E-state index in [2.05, 4.69) is 15.5 Å². The van der Waals surface area contributed by atoms with Gasteiger partial charge < -0.3 is 14.6 Å². The van der Waals surface area contributed by atoms with Crippen LogP contribution in [0.3, 0.4) is 0 Å². The lowest BCUT2D eigenvalue weighted by atomic mass is 10.2. The molecule has 0 radical (unpaired) electrons. The van der Waals surface area contributed by atoms with Gasteiger partial charge in [-0.05, 0) is 30.7 Å². The number of anilines is 1. The summed E-state index contributed by atoms with van der Waals surface area (Å²) in [6.45, 7) is 2.48. The minimum absolute atomic E-state index is 0.118. The van der Waals surface area contributed by atoms with Crippen molar-refractivity contribution in [1.82, 2.24) is 10.1 Å². The first-order valence-corrected chi connectivity index (χ1v) is 6.45. The Morgan fingerprint density at radius 3 is 2.74 bits per heavy atom. The Hall–Kier alpha value is -1.59. The third kappa shape index (κ3) is 3.68. The second kappa shape index (κ2) is 6.54. The van der Waals surface area contributed by atoms with Crippen molar-refractivity contribution in [2.45, 2.75) is 26.0 Å². The summed E-state index contributed by atoms with van der Waals surface area (Å²) in [6, 6.07) is 7.43. The molecule has 0 fully saturated rings. The van der Waals surface area contributed by atoms with E-state index in [9.17, 15) is 0 Å². The molecule has 0 saturated heterocycles. The van der Waals surface area contributed by atoms with E-state index in [1.807, 2.05) is 31.2 Å². The molecule has 0 aliphatic heterocycles. The van der Waals surface area contributed by atoms with Gasteiger partial charge in [0.2, 0.25) is 11.7 Å². The molecule has 0 aliphatic carbocycles. The highest BCUT2D eigenvalue weighted by atomic mass is 35.5. The molecular formula is C13H16ClN3O2. The monoisotopic (exact) mass is 281 g/mol. The number of methoxy groups -OCH3 is 1. The van der Waals surface area contributed by atoms with E-state index in [0.29, 0.717) is 23.3 Å². The van der Waals surface area contributed by atoms with Crippen molar-refractivity contribution < 1.29 is 9.26 Å². The van der Waals surface area contributed by atoms with E-state index in [-0.39, 0.29) is 6.10 Å². The van der Waals surface area contributed by atoms with E-state index in [0.717, 1.165) is 12.1 Å². The summed E-state index contributed by atoms with van der Waals surface area (Å²) in [4.78, 5) is 4.29. The van der Waals surface area contributed by atoms with E-state index < -0.39 is 0 Å². The molecule has 1 aromatic carbocycles. The fraction of sp³-hybridized carbons (Fsp3) is 0.385. The molecule has 19 heavy (non-hydrogen) atoms. The van der Waals surface area contributed by atoms with Gasteiger partial charge in [0.05, 0.1) is 6.54 Å². The molecular weight excluding hydrogens is 266 g/mol. The van der Waals surface area contributed by atoms with E-state index in [1.54, 1.807) is 7.11 Å². The fourth-order valence-corrected chi connectivity index (χ4v) is 1.80. The maximum Gasteiger partial charge on any atom is 0.246 e. The number of nitrogens with zero attached hydrogens (tertiary/aromatic N) is 2. The summed E-state index contributed by atoms with van der Waals surface area (Å²) < 4.78 is 10.4. The second-order valence-corrected chi connectivity index (χ2v) is 4.48. The Bertz CT molecular complexity index is 509. The Labute approximate surface area is 116 Å². The normalized spacial score (nSPS) is 12.4. The largest absolute Gasteiger partial charge is 0.376 e. The van der Waals surface area contributed by atoms with Crippen LogP contribution in [0.1, 0.15) is 31.2 Å². The zero-order chi connectivity index (χ0) is 13.7. The first-order valence-electron chi connectivity index (χ1n) is 6.07. The van der Waals surface area contributed by atoms with E-state index >= 15 is 0 Å². The molecule has 2 aromatic rings. The lowest BCUT2D eigenvalue weighted by Crippen LogP contribution is -2.03. The van der Waals surface area contributed by atoms with Crippen LogP contribution in [-0.4, -0.2) is 17.3 Å². The molecule has 1 unspecified atom stereocenters. The van der Waals surface area contributed by atoms with Crippen LogP contribution >= 0.6 is 11.6 Å². The average molecular weight is 282 g/mol. The highest BCUT2D eigenvalue weighted by Crippen LogP contribution is 2.17. The van der Waals surface area contributed by atoms with Crippen molar-refractivity contribution >= 4 is 17.3 Å². The highest BCUT2D eigenvalue weighted by molar-refractivity contribution is 6.30. The number of hydrogen-bond acceptors (Lipinski definition) is 5. The molecule has 0 bridgehead atoms. The van der Waals surface area contributed by atoms with Gasteiger partial charge in [-0.3, -0.25) is 0 Å². The minimum atomic E-state index is -0.118. The van der Waals surface area contributed by atoms with Gasteiger partial charge in [-0.15, -0.1) is 0 Å². The maximum absolute atomic E-state index is 5.82. The van der Waals surface area contributed by atoms with Gasteiger partial charge in [0, 0.05) is 17.8 Å². The molecule has 6 heteroatoms. The summed E-state index contributed by atoms with van der Waals surface area (Å²) in [5.74, 6) is 1.11. The Balaban J connectivity index is 1.95. The van der Waals surface area contributed by atoms with E-state index in [4.69, 9.17) is 20.9 Å². The maximum atomic E-state index is 5.82. The third-order valence-corrected chi connectivity index (χ3v) is 2.97. The lowest BCUT2D eigenvalue weighted by molar-refractivity contribution is 0.0903. The van der Waals surface area contributed by atoms with Gasteiger partial charge in [-0.2, -0.15) is 4.98 Å². The van der Waals surface area contributed by atoms with Crippen molar-refractivity contribution in [3.8, 4) is 0 Å². The van der Waals surface area contributed by atoms with Crippen LogP contribution in [0.2, 0.25) is 5.02 Å². The van der Waals surface area contributed by atoms with Crippen molar-refractivity contribution in [2.75, 3.05) is 12.4 Å². The molecule has 0 saturated carbocycles. The van der Waals surface area contributed by atoms with Gasteiger partial charge in [0.25, 0.3) is 0 Å². The number of nitrogens with one attached hydrogen (secondary N) is 1. The van der Waals surface area contributed by atoms with E-state index in [1.165, 1.54) is 0 Å². The van der Waals surface area contributed by atoms with Gasteiger partial charge in [-0.25, -0.2) is 0 Å². The van der Waals surface area contributed by atoms with Crippen LogP contribution < -0.4 is 5.32 Å². The molecule has 0 spiro atoms. The van der Waals surface area contributed by atoms with Crippen LogP contribution in [0.5, 0.6) is 0 Å². The van der Waals surface area contributed by atoms with Gasteiger partial charge in [0.1, 0.15) is 6.10 Å². The van der Waals surface area contributed by atoms with Gasteiger partial charge in [-0.1, -0.05) is 23.7 Å². The highest BCUT2D eigenvalue weighted by Gasteiger charge is 2.15. The minimum Gasteiger partial charge on any atom is -0.376 e. The zero-order valence-electron chi connectivity index (χ0n) is 10.9. The molecule has 2 rings (SSSR count). The van der Waals surface area contributed by atoms with Gasteiger partial charge in [0.15, 0.2) is 0 Å². The van der Waals surface area contributed by atoms with Crippen LogP contribution in [-0.2, 0) is 11.3 Å². The first kappa shape index (κ1) is 13.8. The Kier molecular flexibility index (Phi) is 4.76. The first-order chi connectivity index (χ1) is 9.22. The van der Waals surface area contributed by atoms with Gasteiger partial charge >= 0.3 is 0 Å². The zero-order valence-corrected chi connectivity index (χ0v) is 11.6. The molecule has 1 N–H and O–H groups in total. The predicted molar refractivity (Wildman–Crippen MR) is 73.1 cm³/mol. The molecule has 0 amide bonds. The summed E-state index contributed by atoms with van der Waals surface area (Å²) >= 11 is 5.82. The van der Waals surface area contributed by atoms with Crippen LogP contribution in [0.4, 0.5) is 5.69 Å². The number of aromatic nitrogens is 2. The number of hydrogen-bond donors (Lipinski definition) is 1. The molecule has 1 aromatic heterocycles. The molecule has 0 aliphatic rings. The summed E-state index contributed by atoms with van der Waals surface area (Å²) in [7, 11) is 1.64. The average Bonchev–Trinajstić information content (AvgIpc) is 2.88. The van der Waals surface area contributed by atoms with Crippen LogP contribution in [0.25, 0.3) is 0 Å². The van der Waals surface area contributed by atoms with Crippen molar-refractivity contribution in [1.29, 1.82) is 0 Å². The molecule has 5 nitrogen and oxygen atoms in total. The lowest BCUT2D eigenvalue weighted by Gasteiger charge is -2.06. The standard InChI is InChI=1S/C13H16ClN3O2/c1-3-11(18-2)13-16-12(19-17-13)8-15-10-6-4-9(14)5-7-10/h4-7,11,15H,3,8H2,1-2H3. The topological polar surface area (TPSA) is 60.2 Å². The van der Waals surface area contributed by atoms with Crippen molar-refractivity contribution in [3.63, 3.8) is 0 Å². The second-order valence-electron chi connectivity index (χ2n) is 4.04. The SMILES string of the molecule is CCC(OC)c1noc(CNc2ccc(Cl)cc2)n1. The van der Waals surface area contributed by atoms with Crippen LogP contribution in [0.15, 0.2) is 28.8 Å². The molecule has 1 heterocycles. The summed E-state index contributed by atoms with van der Waals surface area (Å²) in [5.41, 5.74) is 0.947. The molecule has 1 atom stereocenters.